The maximum Gasteiger partial charge on any atom is 0.228 e. The predicted octanol–water partition coefficient (Wildman–Crippen LogP) is 0.910. The van der Waals surface area contributed by atoms with E-state index in [0.717, 1.165) is 13.0 Å². The van der Waals surface area contributed by atoms with Crippen molar-refractivity contribution in [3.05, 3.63) is 5.28 Å². The van der Waals surface area contributed by atoms with Crippen LogP contribution in [0.4, 0.5) is 11.9 Å². The van der Waals surface area contributed by atoms with E-state index in [0.29, 0.717) is 38.1 Å². The molecule has 0 amide bonds. The minimum absolute atomic E-state index is 0.116. The minimum Gasteiger partial charge on any atom is -0.386 e. The van der Waals surface area contributed by atoms with Crippen molar-refractivity contribution >= 4 is 23.5 Å². The summed E-state index contributed by atoms with van der Waals surface area (Å²) in [5.74, 6) is 0.776. The first-order valence-corrected chi connectivity index (χ1v) is 6.68. The lowest BCUT2D eigenvalue weighted by atomic mass is 10.0. The van der Waals surface area contributed by atoms with Crippen LogP contribution in [0.25, 0.3) is 0 Å². The van der Waals surface area contributed by atoms with Gasteiger partial charge in [-0.3, -0.25) is 0 Å². The van der Waals surface area contributed by atoms with Gasteiger partial charge in [0.1, 0.15) is 5.60 Å². The molecule has 0 bridgehead atoms. The van der Waals surface area contributed by atoms with Crippen molar-refractivity contribution in [2.75, 3.05) is 36.9 Å². The van der Waals surface area contributed by atoms with Gasteiger partial charge in [-0.05, 0) is 18.0 Å². The third-order valence-electron chi connectivity index (χ3n) is 2.80. The van der Waals surface area contributed by atoms with Crippen LogP contribution in [0.15, 0.2) is 0 Å². The molecule has 1 fully saturated rings. The molecular weight excluding hydrogens is 270 g/mol. The number of hydrogen-bond donors (Lipinski definition) is 3. The molecular formula is C11H18ClN5O2. The molecule has 1 aliphatic rings. The van der Waals surface area contributed by atoms with Gasteiger partial charge in [-0.25, -0.2) is 0 Å². The Kier molecular flexibility index (Phi) is 4.73. The second kappa shape index (κ2) is 6.31. The van der Waals surface area contributed by atoms with Gasteiger partial charge in [0.15, 0.2) is 0 Å². The number of aromatic nitrogens is 3. The van der Waals surface area contributed by atoms with Crippen LogP contribution in [0.1, 0.15) is 19.8 Å². The van der Waals surface area contributed by atoms with Crippen molar-refractivity contribution in [3.8, 4) is 0 Å². The van der Waals surface area contributed by atoms with E-state index in [1.807, 2.05) is 6.92 Å². The van der Waals surface area contributed by atoms with Crippen LogP contribution in [-0.4, -0.2) is 52.0 Å². The molecule has 0 aliphatic carbocycles. The van der Waals surface area contributed by atoms with Crippen LogP contribution in [0.2, 0.25) is 5.28 Å². The highest BCUT2D eigenvalue weighted by Crippen LogP contribution is 2.19. The standard InChI is InChI=1S/C11H18ClN5O2/c1-2-4-13-9-15-8(12)16-10(17-9)14-6-11(18)3-5-19-7-11/h18H,2-7H2,1H3,(H2,13,14,15,16,17). The summed E-state index contributed by atoms with van der Waals surface area (Å²) >= 11 is 5.83. The van der Waals surface area contributed by atoms with E-state index in [1.54, 1.807) is 0 Å². The average Bonchev–Trinajstić information content (AvgIpc) is 2.81. The highest BCUT2D eigenvalue weighted by molar-refractivity contribution is 6.28. The zero-order valence-electron chi connectivity index (χ0n) is 10.8. The molecule has 0 spiro atoms. The van der Waals surface area contributed by atoms with Gasteiger partial charge < -0.3 is 20.5 Å². The molecule has 1 aromatic heterocycles. The quantitative estimate of drug-likeness (QED) is 0.716. The molecule has 1 atom stereocenters. The third-order valence-corrected chi connectivity index (χ3v) is 2.97. The van der Waals surface area contributed by atoms with Crippen molar-refractivity contribution in [2.45, 2.75) is 25.4 Å². The number of aliphatic hydroxyl groups is 1. The molecule has 19 heavy (non-hydrogen) atoms. The number of nitrogens with zero attached hydrogens (tertiary/aromatic N) is 3. The fourth-order valence-electron chi connectivity index (χ4n) is 1.72. The Labute approximate surface area is 116 Å². The lowest BCUT2D eigenvalue weighted by Crippen LogP contribution is -2.37. The van der Waals surface area contributed by atoms with Crippen LogP contribution in [0, 0.1) is 0 Å². The molecule has 1 aromatic rings. The second-order valence-corrected chi connectivity index (χ2v) is 4.90. The summed E-state index contributed by atoms with van der Waals surface area (Å²) in [7, 11) is 0. The second-order valence-electron chi connectivity index (χ2n) is 4.56. The largest absolute Gasteiger partial charge is 0.386 e. The van der Waals surface area contributed by atoms with Gasteiger partial charge in [0.25, 0.3) is 0 Å². The number of anilines is 2. The van der Waals surface area contributed by atoms with E-state index in [9.17, 15) is 5.11 Å². The summed E-state index contributed by atoms with van der Waals surface area (Å²) in [5, 5.41) is 16.2. The molecule has 1 unspecified atom stereocenters. The number of ether oxygens (including phenoxy) is 1. The van der Waals surface area contributed by atoms with E-state index < -0.39 is 5.60 Å². The Morgan fingerprint density at radius 2 is 2.05 bits per heavy atom. The van der Waals surface area contributed by atoms with E-state index in [2.05, 4.69) is 25.6 Å². The fourth-order valence-corrected chi connectivity index (χ4v) is 1.88. The zero-order valence-corrected chi connectivity index (χ0v) is 11.6. The number of halogens is 1. The molecule has 8 heteroatoms. The van der Waals surface area contributed by atoms with Crippen LogP contribution < -0.4 is 10.6 Å². The SMILES string of the molecule is CCCNc1nc(Cl)nc(NCC2(O)CCOC2)n1. The summed E-state index contributed by atoms with van der Waals surface area (Å²) in [6.07, 6.45) is 1.56. The predicted molar refractivity (Wildman–Crippen MR) is 72.5 cm³/mol. The van der Waals surface area contributed by atoms with Gasteiger partial charge in [-0.1, -0.05) is 6.92 Å². The van der Waals surface area contributed by atoms with E-state index >= 15 is 0 Å². The van der Waals surface area contributed by atoms with Crippen molar-refractivity contribution in [2.24, 2.45) is 0 Å². The van der Waals surface area contributed by atoms with Crippen LogP contribution >= 0.6 is 11.6 Å². The maximum absolute atomic E-state index is 10.1. The lowest BCUT2D eigenvalue weighted by molar-refractivity contribution is 0.0380. The molecule has 7 nitrogen and oxygen atoms in total. The van der Waals surface area contributed by atoms with Gasteiger partial charge >= 0.3 is 0 Å². The molecule has 1 aliphatic heterocycles. The summed E-state index contributed by atoms with van der Waals surface area (Å²) in [4.78, 5) is 12.1. The Morgan fingerprint density at radius 1 is 1.32 bits per heavy atom. The highest BCUT2D eigenvalue weighted by atomic mass is 35.5. The van der Waals surface area contributed by atoms with Crippen LogP contribution in [0.5, 0.6) is 0 Å². The summed E-state index contributed by atoms with van der Waals surface area (Å²) < 4.78 is 5.17. The first-order chi connectivity index (χ1) is 9.11. The van der Waals surface area contributed by atoms with Gasteiger partial charge in [0.2, 0.25) is 17.2 Å². The third kappa shape index (κ3) is 4.15. The van der Waals surface area contributed by atoms with Crippen molar-refractivity contribution in [1.82, 2.24) is 15.0 Å². The van der Waals surface area contributed by atoms with Crippen LogP contribution in [0.3, 0.4) is 0 Å². The van der Waals surface area contributed by atoms with Crippen molar-refractivity contribution in [1.29, 1.82) is 0 Å². The Hall–Kier alpha value is -1.18. The van der Waals surface area contributed by atoms with Gasteiger partial charge in [0, 0.05) is 26.1 Å². The molecule has 106 valence electrons. The molecule has 0 radical (unpaired) electrons. The van der Waals surface area contributed by atoms with Gasteiger partial charge in [-0.2, -0.15) is 15.0 Å². The maximum atomic E-state index is 10.1. The Bertz CT molecular complexity index is 426. The number of rotatable bonds is 6. The number of nitrogens with one attached hydrogen (secondary N) is 2. The molecule has 0 saturated carbocycles. The first-order valence-electron chi connectivity index (χ1n) is 6.31. The monoisotopic (exact) mass is 287 g/mol. The number of hydrogen-bond acceptors (Lipinski definition) is 7. The van der Waals surface area contributed by atoms with Crippen molar-refractivity contribution in [3.63, 3.8) is 0 Å². The minimum atomic E-state index is -0.865. The average molecular weight is 288 g/mol. The van der Waals surface area contributed by atoms with Crippen LogP contribution in [-0.2, 0) is 4.74 Å². The zero-order chi connectivity index (χ0) is 13.7. The first kappa shape index (κ1) is 14.2. The Morgan fingerprint density at radius 3 is 2.68 bits per heavy atom. The van der Waals surface area contributed by atoms with Gasteiger partial charge in [0.05, 0.1) is 6.61 Å². The van der Waals surface area contributed by atoms with E-state index in [1.165, 1.54) is 0 Å². The molecule has 1 saturated heterocycles. The molecule has 3 N–H and O–H groups in total. The van der Waals surface area contributed by atoms with E-state index in [4.69, 9.17) is 16.3 Å². The summed E-state index contributed by atoms with van der Waals surface area (Å²) in [5.41, 5.74) is -0.865. The van der Waals surface area contributed by atoms with E-state index in [-0.39, 0.29) is 5.28 Å². The highest BCUT2D eigenvalue weighted by Gasteiger charge is 2.32. The summed E-state index contributed by atoms with van der Waals surface area (Å²) in [6, 6.07) is 0. The van der Waals surface area contributed by atoms with Crippen molar-refractivity contribution < 1.29 is 9.84 Å². The topological polar surface area (TPSA) is 92.2 Å². The molecule has 0 aromatic carbocycles. The smallest absolute Gasteiger partial charge is 0.228 e. The van der Waals surface area contributed by atoms with Gasteiger partial charge in [-0.15, -0.1) is 0 Å². The lowest BCUT2D eigenvalue weighted by Gasteiger charge is -2.20. The molecule has 2 heterocycles. The fraction of sp³-hybridized carbons (Fsp3) is 0.727. The normalized spacial score (nSPS) is 22.5. The molecule has 2 rings (SSSR count). The Balaban J connectivity index is 1.97. The summed E-state index contributed by atoms with van der Waals surface area (Å²) in [6.45, 7) is 4.02.